The molecule has 2 fully saturated rings. The Morgan fingerprint density at radius 1 is 0.508 bits per heavy atom. The molecule has 7 N–H and O–H groups in total. The fraction of sp³-hybridized carbons (Fsp3) is 0.939. The Kier molecular flexibility index (Phi) is 34.7. The topological polar surface area (TPSA) is 214 Å². The summed E-state index contributed by atoms with van der Waals surface area (Å²) in [6.45, 7) is 3.70. The second-order valence-corrected chi connectivity index (χ2v) is 18.0. The van der Waals surface area contributed by atoms with Crippen molar-refractivity contribution in [3.8, 4) is 0 Å². The lowest BCUT2D eigenvalue weighted by atomic mass is 9.98. The summed E-state index contributed by atoms with van der Waals surface area (Å²) in [4.78, 5) is 13.0. The normalized spacial score (nSPS) is 27.0. The first kappa shape index (κ1) is 57.9. The molecule has 2 saturated heterocycles. The fourth-order valence-electron chi connectivity index (χ4n) is 8.10. The minimum absolute atomic E-state index is 0.0651. The molecule has 0 aromatic heterocycles. The molecule has 372 valence electrons. The predicted molar refractivity (Wildman–Crippen MR) is 243 cm³/mol. The summed E-state index contributed by atoms with van der Waals surface area (Å²) in [7, 11) is 0. The third-order valence-corrected chi connectivity index (χ3v) is 12.3. The standard InChI is InChI=1S/C49H92O14/c1-3-5-7-9-11-13-15-17-18-19-20-21-22-24-26-28-30-32-41(51)61-38(35-58-33-31-29-27-25-23-16-14-12-10-8-6-4-2)36-59-48-47(57)45(55)43(53)40(63-48)37-60-49-46(56)44(54)42(52)39(34-50)62-49/h17-18,38-40,42-50,52-57H,3-16,19-37H2,1-2H3/b18-17-. The van der Waals surface area contributed by atoms with Gasteiger partial charge in [0.25, 0.3) is 0 Å². The predicted octanol–water partition coefficient (Wildman–Crippen LogP) is 7.07. The van der Waals surface area contributed by atoms with Gasteiger partial charge in [-0.1, -0.05) is 161 Å². The summed E-state index contributed by atoms with van der Waals surface area (Å²) >= 11 is 0. The van der Waals surface area contributed by atoms with Crippen LogP contribution in [0.2, 0.25) is 0 Å². The van der Waals surface area contributed by atoms with Gasteiger partial charge < -0.3 is 64.2 Å². The van der Waals surface area contributed by atoms with Gasteiger partial charge in [-0.25, -0.2) is 0 Å². The number of hydrogen-bond donors (Lipinski definition) is 7. The molecule has 2 aliphatic rings. The first-order chi connectivity index (χ1) is 30.6. The molecule has 0 saturated carbocycles. The zero-order chi connectivity index (χ0) is 45.9. The van der Waals surface area contributed by atoms with Gasteiger partial charge >= 0.3 is 5.97 Å². The molecule has 63 heavy (non-hydrogen) atoms. The van der Waals surface area contributed by atoms with Gasteiger partial charge in [0.1, 0.15) is 54.9 Å². The molecule has 11 unspecified atom stereocenters. The van der Waals surface area contributed by atoms with Gasteiger partial charge in [0.05, 0.1) is 26.4 Å². The lowest BCUT2D eigenvalue weighted by Crippen LogP contribution is -2.61. The van der Waals surface area contributed by atoms with Crippen LogP contribution in [0.15, 0.2) is 12.2 Å². The zero-order valence-corrected chi connectivity index (χ0v) is 39.3. The molecule has 14 heteroatoms. The number of carbonyl (C=O) groups excluding carboxylic acids is 1. The largest absolute Gasteiger partial charge is 0.457 e. The molecule has 2 heterocycles. The second kappa shape index (κ2) is 37.8. The third-order valence-electron chi connectivity index (χ3n) is 12.3. The van der Waals surface area contributed by atoms with Crippen molar-refractivity contribution in [1.82, 2.24) is 0 Å². The van der Waals surface area contributed by atoms with Gasteiger partial charge in [-0.3, -0.25) is 4.79 Å². The number of aliphatic hydroxyl groups excluding tert-OH is 7. The number of esters is 1. The minimum Gasteiger partial charge on any atom is -0.457 e. The number of ether oxygens (including phenoxy) is 6. The summed E-state index contributed by atoms with van der Waals surface area (Å²) in [6.07, 6.45) is 21.3. The highest BCUT2D eigenvalue weighted by molar-refractivity contribution is 5.69. The van der Waals surface area contributed by atoms with Crippen molar-refractivity contribution in [1.29, 1.82) is 0 Å². The maximum absolute atomic E-state index is 13.0. The van der Waals surface area contributed by atoms with E-state index in [9.17, 15) is 40.5 Å². The molecule has 2 aliphatic heterocycles. The molecule has 0 aliphatic carbocycles. The van der Waals surface area contributed by atoms with Crippen LogP contribution in [0.3, 0.4) is 0 Å². The molecule has 2 rings (SSSR count). The summed E-state index contributed by atoms with van der Waals surface area (Å²) in [5, 5.41) is 72.0. The van der Waals surface area contributed by atoms with Crippen molar-refractivity contribution in [3.63, 3.8) is 0 Å². The van der Waals surface area contributed by atoms with Crippen molar-refractivity contribution < 1.29 is 69.0 Å². The van der Waals surface area contributed by atoms with Crippen LogP contribution in [-0.2, 0) is 33.2 Å². The van der Waals surface area contributed by atoms with Crippen LogP contribution in [0.5, 0.6) is 0 Å². The van der Waals surface area contributed by atoms with Gasteiger partial charge in [0.2, 0.25) is 0 Å². The number of rotatable bonds is 40. The second-order valence-electron chi connectivity index (χ2n) is 18.0. The molecule has 0 aromatic carbocycles. The highest BCUT2D eigenvalue weighted by Gasteiger charge is 2.47. The Labute approximate surface area is 380 Å². The minimum atomic E-state index is -1.70. The van der Waals surface area contributed by atoms with Crippen LogP contribution < -0.4 is 0 Å². The number of carbonyl (C=O) groups is 1. The van der Waals surface area contributed by atoms with Gasteiger partial charge in [-0.2, -0.15) is 0 Å². The average molecular weight is 905 g/mol. The van der Waals surface area contributed by atoms with Gasteiger partial charge in [-0.15, -0.1) is 0 Å². The van der Waals surface area contributed by atoms with Crippen molar-refractivity contribution in [3.05, 3.63) is 12.2 Å². The summed E-state index contributed by atoms with van der Waals surface area (Å²) in [5.74, 6) is -0.378. The Morgan fingerprint density at radius 2 is 0.937 bits per heavy atom. The van der Waals surface area contributed by atoms with E-state index < -0.39 is 80.7 Å². The highest BCUT2D eigenvalue weighted by atomic mass is 16.7. The average Bonchev–Trinajstić information content (AvgIpc) is 3.28. The van der Waals surface area contributed by atoms with E-state index in [0.717, 1.165) is 44.9 Å². The summed E-state index contributed by atoms with van der Waals surface area (Å²) in [5.41, 5.74) is 0. The summed E-state index contributed by atoms with van der Waals surface area (Å²) < 4.78 is 34.2. The Hall–Kier alpha value is -1.27. The van der Waals surface area contributed by atoms with Crippen LogP contribution in [-0.4, -0.2) is 142 Å². The molecule has 0 radical (unpaired) electrons. The van der Waals surface area contributed by atoms with Crippen molar-refractivity contribution >= 4 is 5.97 Å². The summed E-state index contributed by atoms with van der Waals surface area (Å²) in [6, 6.07) is 0. The Bertz CT molecular complexity index is 1100. The first-order valence-electron chi connectivity index (χ1n) is 25.3. The Balaban J connectivity index is 1.77. The van der Waals surface area contributed by atoms with E-state index in [1.807, 2.05) is 0 Å². The van der Waals surface area contributed by atoms with E-state index in [4.69, 9.17) is 28.4 Å². The van der Waals surface area contributed by atoms with Gasteiger partial charge in [-0.05, 0) is 38.5 Å². The molecule has 0 amide bonds. The van der Waals surface area contributed by atoms with E-state index in [1.165, 1.54) is 122 Å². The fourth-order valence-corrected chi connectivity index (χ4v) is 8.10. The number of allylic oxidation sites excluding steroid dienone is 2. The maximum atomic E-state index is 13.0. The van der Waals surface area contributed by atoms with Gasteiger partial charge in [0.15, 0.2) is 12.6 Å². The van der Waals surface area contributed by atoms with E-state index in [1.54, 1.807) is 0 Å². The van der Waals surface area contributed by atoms with E-state index >= 15 is 0 Å². The SMILES string of the molecule is CCCCCCCC/C=C\CCCCCCCCCC(=O)OC(COCCCCCCCCCCCCCC)COC1OC(COC2OC(CO)C(O)C(O)C2O)C(O)C(O)C1O. The molecule has 0 bridgehead atoms. The molecular formula is C49H92O14. The van der Waals surface area contributed by atoms with Crippen LogP contribution in [0.1, 0.15) is 194 Å². The van der Waals surface area contributed by atoms with Gasteiger partial charge in [0, 0.05) is 13.0 Å². The molecule has 0 spiro atoms. The monoisotopic (exact) mass is 905 g/mol. The van der Waals surface area contributed by atoms with Crippen LogP contribution in [0.25, 0.3) is 0 Å². The number of unbranched alkanes of at least 4 members (excludes halogenated alkanes) is 24. The third kappa shape index (κ3) is 26.0. The lowest BCUT2D eigenvalue weighted by molar-refractivity contribution is -0.332. The quantitative estimate of drug-likeness (QED) is 0.0186. The zero-order valence-electron chi connectivity index (χ0n) is 39.3. The highest BCUT2D eigenvalue weighted by Crippen LogP contribution is 2.26. The van der Waals surface area contributed by atoms with Crippen molar-refractivity contribution in [2.45, 2.75) is 261 Å². The molecule has 0 aromatic rings. The van der Waals surface area contributed by atoms with Crippen molar-refractivity contribution in [2.24, 2.45) is 0 Å². The number of hydrogen-bond acceptors (Lipinski definition) is 14. The van der Waals surface area contributed by atoms with E-state index in [0.29, 0.717) is 13.0 Å². The molecule has 14 nitrogen and oxygen atoms in total. The Morgan fingerprint density at radius 3 is 1.44 bits per heavy atom. The van der Waals surface area contributed by atoms with Crippen LogP contribution in [0, 0.1) is 0 Å². The van der Waals surface area contributed by atoms with Crippen LogP contribution in [0.4, 0.5) is 0 Å². The lowest BCUT2D eigenvalue weighted by Gasteiger charge is -2.42. The molecular weight excluding hydrogens is 813 g/mol. The molecule has 11 atom stereocenters. The van der Waals surface area contributed by atoms with E-state index in [-0.39, 0.29) is 25.6 Å². The smallest absolute Gasteiger partial charge is 0.306 e. The number of aliphatic hydroxyl groups is 7. The first-order valence-corrected chi connectivity index (χ1v) is 25.3. The van der Waals surface area contributed by atoms with Crippen LogP contribution >= 0.6 is 0 Å². The van der Waals surface area contributed by atoms with Crippen molar-refractivity contribution in [2.75, 3.05) is 33.0 Å². The van der Waals surface area contributed by atoms with E-state index in [2.05, 4.69) is 26.0 Å². The maximum Gasteiger partial charge on any atom is 0.306 e.